The third-order valence-electron chi connectivity index (χ3n) is 4.57. The Balaban J connectivity index is 2.29. The highest BCUT2D eigenvalue weighted by atomic mass is 35.5. The Morgan fingerprint density at radius 1 is 1.00 bits per heavy atom. The van der Waals surface area contributed by atoms with Gasteiger partial charge in [0.1, 0.15) is 6.04 Å². The zero-order valence-corrected chi connectivity index (χ0v) is 18.3. The fourth-order valence-electron chi connectivity index (χ4n) is 3.02. The molecule has 0 aliphatic carbocycles. The molecule has 1 atom stereocenters. The molecule has 8 nitrogen and oxygen atoms in total. The molecule has 7 N–H and O–H groups in total. The number of carbonyl (C=O) groups excluding carboxylic acids is 3. The molecule has 0 heterocycles. The van der Waals surface area contributed by atoms with Crippen LogP contribution in [0.25, 0.3) is 0 Å². The van der Waals surface area contributed by atoms with Crippen LogP contribution in [0.5, 0.6) is 0 Å². The lowest BCUT2D eigenvalue weighted by Crippen LogP contribution is -2.49. The molecular weight excluding hydrogens is 441 g/mol. The Hall–Kier alpha value is -2.81. The molecular formula is C21H25Cl2N5O3. The van der Waals surface area contributed by atoms with Crippen molar-refractivity contribution < 1.29 is 14.4 Å². The van der Waals surface area contributed by atoms with Crippen LogP contribution in [0.2, 0.25) is 10.0 Å². The van der Waals surface area contributed by atoms with E-state index in [-0.39, 0.29) is 18.0 Å². The minimum Gasteiger partial charge on any atom is -0.369 e. The number of halogens is 2. The summed E-state index contributed by atoms with van der Waals surface area (Å²) in [7, 11) is 0. The van der Waals surface area contributed by atoms with Gasteiger partial charge in [-0.1, -0.05) is 47.5 Å². The van der Waals surface area contributed by atoms with E-state index in [9.17, 15) is 14.4 Å². The van der Waals surface area contributed by atoms with E-state index < -0.39 is 23.9 Å². The molecule has 0 unspecified atom stereocenters. The molecule has 2 aromatic rings. The lowest BCUT2D eigenvalue weighted by molar-refractivity contribution is -0.122. The highest BCUT2D eigenvalue weighted by Crippen LogP contribution is 2.26. The first-order chi connectivity index (χ1) is 14.7. The molecule has 0 saturated carbocycles. The van der Waals surface area contributed by atoms with Crippen molar-refractivity contribution in [2.45, 2.75) is 31.8 Å². The summed E-state index contributed by atoms with van der Waals surface area (Å²) in [5, 5.41) is 3.39. The first-order valence-corrected chi connectivity index (χ1v) is 10.3. The number of nitrogens with one attached hydrogen (secondary N) is 1. The predicted molar refractivity (Wildman–Crippen MR) is 122 cm³/mol. The summed E-state index contributed by atoms with van der Waals surface area (Å²) in [4.78, 5) is 37.7. The average molecular weight is 466 g/mol. The van der Waals surface area contributed by atoms with E-state index in [4.69, 9.17) is 40.4 Å². The second kappa shape index (κ2) is 11.5. The summed E-state index contributed by atoms with van der Waals surface area (Å²) < 4.78 is 0. The Labute approximate surface area is 190 Å². The van der Waals surface area contributed by atoms with E-state index in [1.807, 2.05) is 0 Å². The smallest absolute Gasteiger partial charge is 0.322 e. The molecule has 0 spiro atoms. The summed E-state index contributed by atoms with van der Waals surface area (Å²) in [6.45, 7) is 0.455. The molecule has 0 aromatic heterocycles. The number of hydrogen-bond acceptors (Lipinski definition) is 4. The standard InChI is InChI=1S/C21H25Cl2N5O3/c22-15-7-8-17(16(23)11-15)27-21(31)28(18(20(26)30)2-1-9-24)12-14-5-3-13(4-6-14)10-19(25)29/h3-8,11,18H,1-2,9-10,12,24H2,(H2,25,29)(H2,26,30)(H,27,31)/t18-/m1/s1. The van der Waals surface area contributed by atoms with Crippen LogP contribution in [0.15, 0.2) is 42.5 Å². The van der Waals surface area contributed by atoms with Gasteiger partial charge in [0.15, 0.2) is 0 Å². The van der Waals surface area contributed by atoms with E-state index in [0.717, 1.165) is 11.1 Å². The minimum atomic E-state index is -0.875. The van der Waals surface area contributed by atoms with Gasteiger partial charge in [0.25, 0.3) is 0 Å². The number of hydrogen-bond donors (Lipinski definition) is 4. The number of rotatable bonds is 10. The van der Waals surface area contributed by atoms with Gasteiger partial charge in [0.05, 0.1) is 17.1 Å². The molecule has 0 fully saturated rings. The second-order valence-corrected chi connectivity index (χ2v) is 7.83. The quantitative estimate of drug-likeness (QED) is 0.427. The van der Waals surface area contributed by atoms with Gasteiger partial charge in [-0.25, -0.2) is 4.79 Å². The maximum Gasteiger partial charge on any atom is 0.322 e. The van der Waals surface area contributed by atoms with Crippen LogP contribution in [0.1, 0.15) is 24.0 Å². The van der Waals surface area contributed by atoms with Crippen LogP contribution >= 0.6 is 23.2 Å². The van der Waals surface area contributed by atoms with Gasteiger partial charge in [-0.05, 0) is 48.7 Å². The van der Waals surface area contributed by atoms with Gasteiger partial charge in [-0.2, -0.15) is 0 Å². The number of carbonyl (C=O) groups is 3. The fraction of sp³-hybridized carbons (Fsp3) is 0.286. The van der Waals surface area contributed by atoms with Gasteiger partial charge in [-0.15, -0.1) is 0 Å². The molecule has 166 valence electrons. The molecule has 31 heavy (non-hydrogen) atoms. The number of primary amides is 2. The minimum absolute atomic E-state index is 0.103. The van der Waals surface area contributed by atoms with E-state index >= 15 is 0 Å². The lowest BCUT2D eigenvalue weighted by Gasteiger charge is -2.30. The Morgan fingerprint density at radius 2 is 1.65 bits per heavy atom. The normalized spacial score (nSPS) is 11.6. The summed E-state index contributed by atoms with van der Waals surface area (Å²) in [5.41, 5.74) is 18.2. The van der Waals surface area contributed by atoms with Crippen molar-refractivity contribution in [1.29, 1.82) is 0 Å². The summed E-state index contributed by atoms with van der Waals surface area (Å²) in [6.07, 6.45) is 0.934. The van der Waals surface area contributed by atoms with E-state index in [2.05, 4.69) is 5.32 Å². The molecule has 0 radical (unpaired) electrons. The number of nitrogens with two attached hydrogens (primary N) is 3. The summed E-state index contributed by atoms with van der Waals surface area (Å²) in [5.74, 6) is -1.08. The fourth-order valence-corrected chi connectivity index (χ4v) is 3.48. The van der Waals surface area contributed by atoms with Crippen molar-refractivity contribution in [2.75, 3.05) is 11.9 Å². The SMILES string of the molecule is NCCC[C@H](C(N)=O)N(Cc1ccc(CC(N)=O)cc1)C(=O)Nc1ccc(Cl)cc1Cl. The summed E-state index contributed by atoms with van der Waals surface area (Å²) in [6, 6.07) is 10.2. The molecule has 0 aliphatic rings. The Morgan fingerprint density at radius 3 is 2.19 bits per heavy atom. The number of nitrogens with zero attached hydrogens (tertiary/aromatic N) is 1. The lowest BCUT2D eigenvalue weighted by atomic mass is 10.1. The van der Waals surface area contributed by atoms with Crippen LogP contribution in [-0.2, 0) is 22.6 Å². The highest BCUT2D eigenvalue weighted by molar-refractivity contribution is 6.36. The summed E-state index contributed by atoms with van der Waals surface area (Å²) >= 11 is 12.1. The first-order valence-electron chi connectivity index (χ1n) is 9.59. The van der Waals surface area contributed by atoms with E-state index in [1.54, 1.807) is 36.4 Å². The van der Waals surface area contributed by atoms with Crippen LogP contribution in [0.3, 0.4) is 0 Å². The van der Waals surface area contributed by atoms with Crippen molar-refractivity contribution in [2.24, 2.45) is 17.2 Å². The van der Waals surface area contributed by atoms with E-state index in [0.29, 0.717) is 30.1 Å². The largest absolute Gasteiger partial charge is 0.369 e. The predicted octanol–water partition coefficient (Wildman–Crippen LogP) is 2.65. The van der Waals surface area contributed by atoms with Gasteiger partial charge < -0.3 is 27.4 Å². The third-order valence-corrected chi connectivity index (χ3v) is 5.12. The van der Waals surface area contributed by atoms with Crippen LogP contribution in [0.4, 0.5) is 10.5 Å². The monoisotopic (exact) mass is 465 g/mol. The van der Waals surface area contributed by atoms with Gasteiger partial charge >= 0.3 is 6.03 Å². The molecule has 2 aromatic carbocycles. The Bertz CT molecular complexity index is 937. The van der Waals surface area contributed by atoms with Crippen molar-refractivity contribution in [3.05, 3.63) is 63.6 Å². The van der Waals surface area contributed by atoms with Gasteiger partial charge in [0.2, 0.25) is 11.8 Å². The number of benzene rings is 2. The van der Waals surface area contributed by atoms with Crippen LogP contribution in [-0.4, -0.2) is 35.3 Å². The number of amides is 4. The Kier molecular flexibility index (Phi) is 9.11. The van der Waals surface area contributed by atoms with E-state index in [1.165, 1.54) is 11.0 Å². The van der Waals surface area contributed by atoms with Crippen LogP contribution < -0.4 is 22.5 Å². The first kappa shape index (κ1) is 24.5. The van der Waals surface area contributed by atoms with Crippen molar-refractivity contribution in [3.8, 4) is 0 Å². The average Bonchev–Trinajstić information content (AvgIpc) is 2.70. The molecule has 4 amide bonds. The molecule has 0 saturated heterocycles. The molecule has 2 rings (SSSR count). The molecule has 0 aliphatic heterocycles. The third kappa shape index (κ3) is 7.43. The van der Waals surface area contributed by atoms with Crippen molar-refractivity contribution >= 4 is 46.7 Å². The maximum absolute atomic E-state index is 13.1. The number of anilines is 1. The zero-order valence-electron chi connectivity index (χ0n) is 16.8. The van der Waals surface area contributed by atoms with Crippen LogP contribution in [0, 0.1) is 0 Å². The molecule has 0 bridgehead atoms. The molecule has 10 heteroatoms. The highest BCUT2D eigenvalue weighted by Gasteiger charge is 2.28. The van der Waals surface area contributed by atoms with Crippen molar-refractivity contribution in [3.63, 3.8) is 0 Å². The van der Waals surface area contributed by atoms with Crippen molar-refractivity contribution in [1.82, 2.24) is 4.90 Å². The second-order valence-electron chi connectivity index (χ2n) is 6.99. The zero-order chi connectivity index (χ0) is 23.0. The maximum atomic E-state index is 13.1. The topological polar surface area (TPSA) is 145 Å². The van der Waals surface area contributed by atoms with Gasteiger partial charge in [-0.3, -0.25) is 9.59 Å². The number of urea groups is 1. The van der Waals surface area contributed by atoms with Gasteiger partial charge in [0, 0.05) is 11.6 Å².